The summed E-state index contributed by atoms with van der Waals surface area (Å²) in [5, 5.41) is 0. The molecule has 2 N–H and O–H groups in total. The standard InChI is InChI=1S/C13H7F3N2O/c14-6-3-8(15)12(9(16)4-6)13-18-10-5-7(17)1-2-11(10)19-13/h1-5H,17H2. The van der Waals surface area contributed by atoms with E-state index >= 15 is 0 Å². The zero-order valence-electron chi connectivity index (χ0n) is 9.45. The number of halogens is 3. The van der Waals surface area contributed by atoms with Crippen LogP contribution in [0.25, 0.3) is 22.6 Å². The summed E-state index contributed by atoms with van der Waals surface area (Å²) in [4.78, 5) is 3.95. The van der Waals surface area contributed by atoms with Gasteiger partial charge in [-0.15, -0.1) is 0 Å². The number of oxazole rings is 1. The lowest BCUT2D eigenvalue weighted by Gasteiger charge is -2.00. The summed E-state index contributed by atoms with van der Waals surface area (Å²) in [6.07, 6.45) is 0. The third-order valence-corrected chi connectivity index (χ3v) is 2.63. The van der Waals surface area contributed by atoms with E-state index in [0.29, 0.717) is 28.9 Å². The Morgan fingerprint density at radius 2 is 1.68 bits per heavy atom. The molecule has 2 aromatic carbocycles. The van der Waals surface area contributed by atoms with Crippen molar-refractivity contribution in [3.05, 3.63) is 47.8 Å². The van der Waals surface area contributed by atoms with Gasteiger partial charge in [0.15, 0.2) is 5.58 Å². The fourth-order valence-electron chi connectivity index (χ4n) is 1.80. The molecule has 19 heavy (non-hydrogen) atoms. The fourth-order valence-corrected chi connectivity index (χ4v) is 1.80. The average molecular weight is 264 g/mol. The van der Waals surface area contributed by atoms with Crippen LogP contribution in [0.3, 0.4) is 0 Å². The summed E-state index contributed by atoms with van der Waals surface area (Å²) < 4.78 is 45.3. The average Bonchev–Trinajstić information content (AvgIpc) is 2.69. The molecule has 0 radical (unpaired) electrons. The number of benzene rings is 2. The van der Waals surface area contributed by atoms with Gasteiger partial charge in [-0.2, -0.15) is 0 Å². The summed E-state index contributed by atoms with van der Waals surface area (Å²) in [6, 6.07) is 5.78. The number of rotatable bonds is 1. The Morgan fingerprint density at radius 1 is 1.00 bits per heavy atom. The van der Waals surface area contributed by atoms with Crippen molar-refractivity contribution in [2.75, 3.05) is 5.73 Å². The van der Waals surface area contributed by atoms with E-state index in [4.69, 9.17) is 10.2 Å². The van der Waals surface area contributed by atoms with Crippen LogP contribution >= 0.6 is 0 Å². The van der Waals surface area contributed by atoms with E-state index in [2.05, 4.69) is 4.98 Å². The van der Waals surface area contributed by atoms with Crippen molar-refractivity contribution in [1.29, 1.82) is 0 Å². The maximum absolute atomic E-state index is 13.6. The van der Waals surface area contributed by atoms with E-state index in [0.717, 1.165) is 0 Å². The van der Waals surface area contributed by atoms with Crippen molar-refractivity contribution in [3.8, 4) is 11.5 Å². The molecule has 0 aliphatic rings. The lowest BCUT2D eigenvalue weighted by Crippen LogP contribution is -1.92. The Labute approximate surface area is 105 Å². The Kier molecular flexibility index (Phi) is 2.45. The molecule has 1 heterocycles. The highest BCUT2D eigenvalue weighted by molar-refractivity contribution is 5.79. The minimum absolute atomic E-state index is 0.254. The number of anilines is 1. The molecule has 3 nitrogen and oxygen atoms in total. The van der Waals surface area contributed by atoms with Gasteiger partial charge in [0.1, 0.15) is 28.5 Å². The first-order valence-corrected chi connectivity index (χ1v) is 5.35. The maximum Gasteiger partial charge on any atom is 0.233 e. The van der Waals surface area contributed by atoms with Gasteiger partial charge in [0.05, 0.1) is 0 Å². The minimum atomic E-state index is -1.07. The Bertz CT molecular complexity index is 760. The van der Waals surface area contributed by atoms with Crippen LogP contribution in [-0.2, 0) is 0 Å². The third kappa shape index (κ3) is 1.91. The first-order chi connectivity index (χ1) is 9.04. The SMILES string of the molecule is Nc1ccc2oc(-c3c(F)cc(F)cc3F)nc2c1. The van der Waals surface area contributed by atoms with Gasteiger partial charge in [-0.1, -0.05) is 0 Å². The lowest BCUT2D eigenvalue weighted by atomic mass is 10.2. The lowest BCUT2D eigenvalue weighted by molar-refractivity contribution is 0.534. The number of nitrogens with two attached hydrogens (primary N) is 1. The second-order valence-corrected chi connectivity index (χ2v) is 3.99. The van der Waals surface area contributed by atoms with Crippen molar-refractivity contribution in [1.82, 2.24) is 4.98 Å². The predicted octanol–water partition coefficient (Wildman–Crippen LogP) is 3.49. The van der Waals surface area contributed by atoms with Gasteiger partial charge in [-0.05, 0) is 18.2 Å². The molecule has 0 spiro atoms. The van der Waals surface area contributed by atoms with Crippen LogP contribution < -0.4 is 5.73 Å². The third-order valence-electron chi connectivity index (χ3n) is 2.63. The summed E-state index contributed by atoms with van der Waals surface area (Å²) in [5.41, 5.74) is 6.23. The van der Waals surface area contributed by atoms with Gasteiger partial charge in [0.25, 0.3) is 0 Å². The summed E-state index contributed by atoms with van der Waals surface area (Å²) >= 11 is 0. The number of nitrogens with zero attached hydrogens (tertiary/aromatic N) is 1. The van der Waals surface area contributed by atoms with E-state index in [9.17, 15) is 13.2 Å². The second-order valence-electron chi connectivity index (χ2n) is 3.99. The molecule has 96 valence electrons. The van der Waals surface area contributed by atoms with Crippen LogP contribution in [0.2, 0.25) is 0 Å². The number of hydrogen-bond donors (Lipinski definition) is 1. The van der Waals surface area contributed by atoms with E-state index in [1.54, 1.807) is 12.1 Å². The van der Waals surface area contributed by atoms with Gasteiger partial charge in [-0.3, -0.25) is 0 Å². The van der Waals surface area contributed by atoms with E-state index in [1.165, 1.54) is 6.07 Å². The first kappa shape index (κ1) is 11.6. The molecule has 0 fully saturated rings. The minimum Gasteiger partial charge on any atom is -0.436 e. The van der Waals surface area contributed by atoms with Gasteiger partial charge < -0.3 is 10.2 Å². The van der Waals surface area contributed by atoms with Crippen molar-refractivity contribution < 1.29 is 17.6 Å². The molecule has 0 amide bonds. The highest BCUT2D eigenvalue weighted by Gasteiger charge is 2.19. The monoisotopic (exact) mass is 264 g/mol. The zero-order chi connectivity index (χ0) is 13.6. The first-order valence-electron chi connectivity index (χ1n) is 5.35. The molecule has 0 unspecified atom stereocenters. The van der Waals surface area contributed by atoms with Crippen LogP contribution in [0.1, 0.15) is 0 Å². The molecule has 0 atom stereocenters. The molecular formula is C13H7F3N2O. The van der Waals surface area contributed by atoms with Gasteiger partial charge >= 0.3 is 0 Å². The smallest absolute Gasteiger partial charge is 0.233 e. The highest BCUT2D eigenvalue weighted by Crippen LogP contribution is 2.29. The van der Waals surface area contributed by atoms with Crippen LogP contribution in [0.5, 0.6) is 0 Å². The molecule has 0 bridgehead atoms. The zero-order valence-corrected chi connectivity index (χ0v) is 9.45. The van der Waals surface area contributed by atoms with Crippen molar-refractivity contribution in [2.45, 2.75) is 0 Å². The maximum atomic E-state index is 13.6. The molecule has 3 rings (SSSR count). The van der Waals surface area contributed by atoms with Crippen LogP contribution in [-0.4, -0.2) is 4.98 Å². The Balaban J connectivity index is 2.24. The number of hydrogen-bond acceptors (Lipinski definition) is 3. The normalized spacial score (nSPS) is 11.1. The van der Waals surface area contributed by atoms with E-state index < -0.39 is 23.0 Å². The van der Waals surface area contributed by atoms with Crippen molar-refractivity contribution in [2.24, 2.45) is 0 Å². The fraction of sp³-hybridized carbons (Fsp3) is 0. The topological polar surface area (TPSA) is 52.0 Å². The molecule has 0 aliphatic carbocycles. The molecule has 3 aromatic rings. The predicted molar refractivity (Wildman–Crippen MR) is 63.7 cm³/mol. The van der Waals surface area contributed by atoms with Gasteiger partial charge in [0, 0.05) is 17.8 Å². The number of aromatic nitrogens is 1. The summed E-state index contributed by atoms with van der Waals surface area (Å²) in [6.45, 7) is 0. The van der Waals surface area contributed by atoms with Crippen LogP contribution in [0.4, 0.5) is 18.9 Å². The molecule has 0 aliphatic heterocycles. The number of nitrogen functional groups attached to an aromatic ring is 1. The largest absolute Gasteiger partial charge is 0.436 e. The van der Waals surface area contributed by atoms with Crippen molar-refractivity contribution >= 4 is 16.8 Å². The molecule has 0 saturated heterocycles. The molecule has 0 saturated carbocycles. The Hall–Kier alpha value is -2.50. The molecular weight excluding hydrogens is 257 g/mol. The van der Waals surface area contributed by atoms with Gasteiger partial charge in [-0.25, -0.2) is 18.2 Å². The second kappa shape index (κ2) is 4.01. The molecule has 6 heteroatoms. The summed E-state index contributed by atoms with van der Waals surface area (Å²) in [7, 11) is 0. The van der Waals surface area contributed by atoms with Crippen LogP contribution in [0, 0.1) is 17.5 Å². The van der Waals surface area contributed by atoms with Gasteiger partial charge in [0.2, 0.25) is 5.89 Å². The van der Waals surface area contributed by atoms with E-state index in [1.807, 2.05) is 0 Å². The van der Waals surface area contributed by atoms with Crippen molar-refractivity contribution in [3.63, 3.8) is 0 Å². The Morgan fingerprint density at radius 3 is 2.37 bits per heavy atom. The quantitative estimate of drug-likeness (QED) is 0.684. The van der Waals surface area contributed by atoms with E-state index in [-0.39, 0.29) is 5.89 Å². The highest BCUT2D eigenvalue weighted by atomic mass is 19.1. The number of fused-ring (bicyclic) bond motifs is 1. The van der Waals surface area contributed by atoms with Crippen LogP contribution in [0.15, 0.2) is 34.7 Å². The molecule has 1 aromatic heterocycles. The summed E-state index contributed by atoms with van der Waals surface area (Å²) in [5.74, 6) is -3.40.